The van der Waals surface area contributed by atoms with Crippen LogP contribution in [0.2, 0.25) is 0 Å². The largest absolute Gasteiger partial charge is 0.326 e. The number of rotatable bonds is 5. The molecular weight excluding hydrogens is 426 g/mol. The van der Waals surface area contributed by atoms with Gasteiger partial charge in [-0.05, 0) is 55.0 Å². The number of likely N-dealkylation sites (tertiary alicyclic amines) is 1. The Morgan fingerprint density at radius 2 is 1.74 bits per heavy atom. The Hall–Kier alpha value is -3.80. The fourth-order valence-corrected chi connectivity index (χ4v) is 5.92. The first-order valence-corrected chi connectivity index (χ1v) is 11.8. The van der Waals surface area contributed by atoms with Crippen LogP contribution in [0, 0.1) is 30.6 Å². The molecule has 1 N–H and O–H groups in total. The normalized spacial score (nSPS) is 25.7. The number of aromatic nitrogens is 1. The van der Waals surface area contributed by atoms with Crippen molar-refractivity contribution in [2.75, 3.05) is 5.32 Å². The third-order valence-corrected chi connectivity index (χ3v) is 7.54. The molecule has 1 saturated carbocycles. The standard InChI is InChI=1S/C28H25N3O3/c1-16-4-6-17(7-5-16)23(31-27(33)25-19-8-9-20(13-19)26(25)28(31)34)15-24(32)30-21-10-11-22-18(14-21)3-2-12-29-22/h2-12,14,19-20,23,25-26H,13,15H2,1H3,(H,30,32). The number of benzene rings is 2. The van der Waals surface area contributed by atoms with Gasteiger partial charge in [0.25, 0.3) is 0 Å². The number of carbonyl (C=O) groups excluding carboxylic acids is 3. The van der Waals surface area contributed by atoms with E-state index in [2.05, 4.69) is 22.5 Å². The molecule has 2 bridgehead atoms. The van der Waals surface area contributed by atoms with E-state index in [0.29, 0.717) is 5.69 Å². The molecule has 170 valence electrons. The Labute approximate surface area is 197 Å². The number of allylic oxidation sites excluding steroid dienone is 2. The summed E-state index contributed by atoms with van der Waals surface area (Å²) in [7, 11) is 0. The van der Waals surface area contributed by atoms with E-state index in [9.17, 15) is 14.4 Å². The highest BCUT2D eigenvalue weighted by Crippen LogP contribution is 2.54. The second-order valence-corrected chi connectivity index (χ2v) is 9.64. The average molecular weight is 452 g/mol. The topological polar surface area (TPSA) is 79.4 Å². The molecule has 3 aromatic rings. The number of pyridine rings is 1. The van der Waals surface area contributed by atoms with Crippen molar-refractivity contribution in [3.8, 4) is 0 Å². The molecular formula is C28H25N3O3. The van der Waals surface area contributed by atoms with Gasteiger partial charge in [-0.3, -0.25) is 24.3 Å². The third-order valence-electron chi connectivity index (χ3n) is 7.54. The Morgan fingerprint density at radius 3 is 2.44 bits per heavy atom. The maximum atomic E-state index is 13.5. The fourth-order valence-electron chi connectivity index (χ4n) is 5.92. The predicted molar refractivity (Wildman–Crippen MR) is 128 cm³/mol. The molecule has 2 aromatic carbocycles. The van der Waals surface area contributed by atoms with Gasteiger partial charge in [0.2, 0.25) is 17.7 Å². The molecule has 1 aromatic heterocycles. The van der Waals surface area contributed by atoms with E-state index in [0.717, 1.165) is 28.5 Å². The van der Waals surface area contributed by atoms with Crippen LogP contribution in [0.4, 0.5) is 5.69 Å². The second-order valence-electron chi connectivity index (χ2n) is 9.64. The molecule has 2 heterocycles. The van der Waals surface area contributed by atoms with Crippen molar-refractivity contribution >= 4 is 34.3 Å². The van der Waals surface area contributed by atoms with E-state index in [1.54, 1.807) is 6.20 Å². The highest BCUT2D eigenvalue weighted by atomic mass is 16.2. The number of hydrogen-bond acceptors (Lipinski definition) is 4. The minimum atomic E-state index is -0.632. The van der Waals surface area contributed by atoms with Crippen molar-refractivity contribution in [2.24, 2.45) is 23.7 Å². The maximum Gasteiger partial charge on any atom is 0.234 e. The van der Waals surface area contributed by atoms with Crippen molar-refractivity contribution in [1.29, 1.82) is 0 Å². The van der Waals surface area contributed by atoms with Crippen molar-refractivity contribution in [3.05, 3.63) is 84.1 Å². The van der Waals surface area contributed by atoms with Crippen molar-refractivity contribution < 1.29 is 14.4 Å². The lowest BCUT2D eigenvalue weighted by Crippen LogP contribution is -2.38. The lowest BCUT2D eigenvalue weighted by molar-refractivity contribution is -0.144. The SMILES string of the molecule is Cc1ccc(C(CC(=O)Nc2ccc3ncccc3c2)N2C(=O)C3C4C=CC(C4)C3C2=O)cc1. The maximum absolute atomic E-state index is 13.5. The first-order valence-electron chi connectivity index (χ1n) is 11.8. The van der Waals surface area contributed by atoms with E-state index in [1.807, 2.05) is 61.5 Å². The van der Waals surface area contributed by atoms with Gasteiger partial charge in [-0.25, -0.2) is 0 Å². The highest BCUT2D eigenvalue weighted by Gasteiger charge is 2.60. The summed E-state index contributed by atoms with van der Waals surface area (Å²) in [6, 6.07) is 16.4. The van der Waals surface area contributed by atoms with Gasteiger partial charge in [-0.1, -0.05) is 48.0 Å². The molecule has 6 nitrogen and oxygen atoms in total. The monoisotopic (exact) mass is 451 g/mol. The Balaban J connectivity index is 1.29. The van der Waals surface area contributed by atoms with Gasteiger partial charge in [0.1, 0.15) is 0 Å². The van der Waals surface area contributed by atoms with Crippen molar-refractivity contribution in [1.82, 2.24) is 9.88 Å². The molecule has 34 heavy (non-hydrogen) atoms. The van der Waals surface area contributed by atoms with Gasteiger partial charge >= 0.3 is 0 Å². The molecule has 6 heteroatoms. The van der Waals surface area contributed by atoms with Crippen LogP contribution in [-0.2, 0) is 14.4 Å². The molecule has 0 spiro atoms. The van der Waals surface area contributed by atoms with Crippen LogP contribution in [0.1, 0.15) is 30.0 Å². The molecule has 3 amide bonds. The number of aryl methyl sites for hydroxylation is 1. The molecule has 1 aliphatic heterocycles. The molecule has 2 fully saturated rings. The van der Waals surface area contributed by atoms with E-state index in [4.69, 9.17) is 0 Å². The molecule has 5 unspecified atom stereocenters. The molecule has 0 radical (unpaired) electrons. The number of hydrogen-bond donors (Lipinski definition) is 1. The van der Waals surface area contributed by atoms with Crippen LogP contribution in [0.5, 0.6) is 0 Å². The highest BCUT2D eigenvalue weighted by molar-refractivity contribution is 6.07. The average Bonchev–Trinajstić information content (AvgIpc) is 3.52. The van der Waals surface area contributed by atoms with Gasteiger partial charge in [-0.15, -0.1) is 0 Å². The fraction of sp³-hybridized carbons (Fsp3) is 0.286. The number of anilines is 1. The molecule has 1 saturated heterocycles. The van der Waals surface area contributed by atoms with Crippen LogP contribution in [0.25, 0.3) is 10.9 Å². The van der Waals surface area contributed by atoms with E-state index in [1.165, 1.54) is 4.90 Å². The molecule has 6 rings (SSSR count). The second kappa shape index (κ2) is 7.90. The Morgan fingerprint density at radius 1 is 1.03 bits per heavy atom. The van der Waals surface area contributed by atoms with E-state index < -0.39 is 6.04 Å². The minimum Gasteiger partial charge on any atom is -0.326 e. The Bertz CT molecular complexity index is 1320. The molecule has 2 aliphatic carbocycles. The summed E-state index contributed by atoms with van der Waals surface area (Å²) in [6.45, 7) is 1.99. The quantitative estimate of drug-likeness (QED) is 0.460. The smallest absolute Gasteiger partial charge is 0.234 e. The number of imide groups is 1. The predicted octanol–water partition coefficient (Wildman–Crippen LogP) is 4.42. The van der Waals surface area contributed by atoms with Gasteiger partial charge in [0.05, 0.1) is 29.8 Å². The van der Waals surface area contributed by atoms with Crippen molar-refractivity contribution in [2.45, 2.75) is 25.8 Å². The van der Waals surface area contributed by atoms with Gasteiger partial charge in [0, 0.05) is 17.3 Å². The first-order chi connectivity index (χ1) is 16.5. The van der Waals surface area contributed by atoms with Gasteiger partial charge < -0.3 is 5.32 Å². The van der Waals surface area contributed by atoms with E-state index in [-0.39, 0.29) is 47.8 Å². The zero-order chi connectivity index (χ0) is 23.4. The van der Waals surface area contributed by atoms with E-state index >= 15 is 0 Å². The van der Waals surface area contributed by atoms with Gasteiger partial charge in [-0.2, -0.15) is 0 Å². The summed E-state index contributed by atoms with van der Waals surface area (Å²) in [6.07, 6.45) is 6.79. The first kappa shape index (κ1) is 20.8. The third kappa shape index (κ3) is 3.33. The number of nitrogens with zero attached hydrogens (tertiary/aromatic N) is 2. The Kier molecular flexibility index (Phi) is 4.83. The number of nitrogens with one attached hydrogen (secondary N) is 1. The summed E-state index contributed by atoms with van der Waals surface area (Å²) < 4.78 is 0. The summed E-state index contributed by atoms with van der Waals surface area (Å²) in [5.74, 6) is -0.820. The lowest BCUT2D eigenvalue weighted by Gasteiger charge is -2.28. The van der Waals surface area contributed by atoms with Crippen molar-refractivity contribution in [3.63, 3.8) is 0 Å². The molecule has 3 aliphatic rings. The summed E-state index contributed by atoms with van der Waals surface area (Å²) >= 11 is 0. The zero-order valence-electron chi connectivity index (χ0n) is 18.8. The van der Waals surface area contributed by atoms with Crippen LogP contribution in [0.3, 0.4) is 0 Å². The number of amides is 3. The van der Waals surface area contributed by atoms with Crippen LogP contribution in [-0.4, -0.2) is 27.6 Å². The summed E-state index contributed by atoms with van der Waals surface area (Å²) in [5.41, 5.74) is 3.38. The van der Waals surface area contributed by atoms with Crippen LogP contribution in [0.15, 0.2) is 72.9 Å². The van der Waals surface area contributed by atoms with Crippen LogP contribution < -0.4 is 5.32 Å². The molecule has 5 atom stereocenters. The minimum absolute atomic E-state index is 0.00776. The summed E-state index contributed by atoms with van der Waals surface area (Å²) in [5, 5.41) is 3.88. The van der Waals surface area contributed by atoms with Gasteiger partial charge in [0.15, 0.2) is 0 Å². The van der Waals surface area contributed by atoms with Crippen LogP contribution >= 0.6 is 0 Å². The lowest BCUT2D eigenvalue weighted by atomic mass is 9.85. The number of fused-ring (bicyclic) bond motifs is 6. The zero-order valence-corrected chi connectivity index (χ0v) is 18.8. The summed E-state index contributed by atoms with van der Waals surface area (Å²) in [4.78, 5) is 45.8. The number of carbonyl (C=O) groups is 3.